The molecular formula is C11H11FN4O2S. The molecule has 6 nitrogen and oxygen atoms in total. The SMILES string of the molecule is Cc1cc(-n2c(N)nnc2SCC(=O)O)ccc1F. The number of carboxylic acid groups (broad SMARTS) is 1. The second-order valence-corrected chi connectivity index (χ2v) is 4.73. The van der Waals surface area contributed by atoms with Gasteiger partial charge in [-0.05, 0) is 30.7 Å². The third-order valence-electron chi connectivity index (χ3n) is 2.38. The van der Waals surface area contributed by atoms with E-state index in [1.54, 1.807) is 13.0 Å². The van der Waals surface area contributed by atoms with E-state index in [0.717, 1.165) is 11.8 Å². The van der Waals surface area contributed by atoms with Crippen molar-refractivity contribution in [1.29, 1.82) is 0 Å². The molecule has 0 saturated carbocycles. The number of aromatic nitrogens is 3. The highest BCUT2D eigenvalue weighted by atomic mass is 32.2. The molecule has 2 rings (SSSR count). The minimum Gasteiger partial charge on any atom is -0.481 e. The summed E-state index contributed by atoms with van der Waals surface area (Å²) in [5, 5.41) is 16.5. The molecule has 0 amide bonds. The molecule has 19 heavy (non-hydrogen) atoms. The number of halogens is 1. The Morgan fingerprint density at radius 2 is 2.26 bits per heavy atom. The van der Waals surface area contributed by atoms with Gasteiger partial charge in [-0.2, -0.15) is 0 Å². The molecule has 100 valence electrons. The molecule has 0 aliphatic carbocycles. The summed E-state index contributed by atoms with van der Waals surface area (Å²) in [5.74, 6) is -1.32. The van der Waals surface area contributed by atoms with E-state index in [9.17, 15) is 9.18 Å². The van der Waals surface area contributed by atoms with Gasteiger partial charge in [0.25, 0.3) is 0 Å². The Labute approximate surface area is 112 Å². The predicted octanol–water partition coefficient (Wildman–Crippen LogP) is 1.47. The van der Waals surface area contributed by atoms with Gasteiger partial charge >= 0.3 is 5.97 Å². The number of nitrogens with two attached hydrogens (primary N) is 1. The van der Waals surface area contributed by atoms with Gasteiger partial charge in [0.1, 0.15) is 5.82 Å². The van der Waals surface area contributed by atoms with Crippen LogP contribution in [0.4, 0.5) is 10.3 Å². The minimum atomic E-state index is -0.964. The van der Waals surface area contributed by atoms with Crippen LogP contribution in [0.3, 0.4) is 0 Å². The summed E-state index contributed by atoms with van der Waals surface area (Å²) in [6.07, 6.45) is 0. The van der Waals surface area contributed by atoms with Gasteiger partial charge in [-0.3, -0.25) is 9.36 Å². The Kier molecular flexibility index (Phi) is 3.70. The maximum atomic E-state index is 13.2. The van der Waals surface area contributed by atoms with Crippen molar-refractivity contribution in [2.45, 2.75) is 12.1 Å². The van der Waals surface area contributed by atoms with Gasteiger partial charge in [0, 0.05) is 0 Å². The molecule has 0 aliphatic rings. The highest BCUT2D eigenvalue weighted by Crippen LogP contribution is 2.24. The molecule has 1 heterocycles. The molecule has 0 saturated heterocycles. The van der Waals surface area contributed by atoms with Crippen LogP contribution in [-0.2, 0) is 4.79 Å². The van der Waals surface area contributed by atoms with Crippen molar-refractivity contribution in [3.05, 3.63) is 29.6 Å². The van der Waals surface area contributed by atoms with Crippen LogP contribution in [0.5, 0.6) is 0 Å². The van der Waals surface area contributed by atoms with Crippen LogP contribution in [0.1, 0.15) is 5.56 Å². The zero-order valence-electron chi connectivity index (χ0n) is 10.00. The monoisotopic (exact) mass is 282 g/mol. The number of aryl methyl sites for hydroxylation is 1. The maximum absolute atomic E-state index is 13.2. The summed E-state index contributed by atoms with van der Waals surface area (Å²) in [5.41, 5.74) is 6.75. The molecule has 0 radical (unpaired) electrons. The normalized spacial score (nSPS) is 10.6. The van der Waals surface area contributed by atoms with Crippen LogP contribution in [-0.4, -0.2) is 31.6 Å². The lowest BCUT2D eigenvalue weighted by atomic mass is 10.2. The molecule has 0 fully saturated rings. The smallest absolute Gasteiger partial charge is 0.313 e. The van der Waals surface area contributed by atoms with E-state index < -0.39 is 5.97 Å². The number of carboxylic acids is 1. The largest absolute Gasteiger partial charge is 0.481 e. The number of rotatable bonds is 4. The van der Waals surface area contributed by atoms with Crippen LogP contribution in [0.15, 0.2) is 23.4 Å². The number of aliphatic carboxylic acids is 1. The zero-order valence-corrected chi connectivity index (χ0v) is 10.8. The summed E-state index contributed by atoms with van der Waals surface area (Å²) in [4.78, 5) is 10.6. The average molecular weight is 282 g/mol. The van der Waals surface area contributed by atoms with E-state index in [1.807, 2.05) is 0 Å². The summed E-state index contributed by atoms with van der Waals surface area (Å²) < 4.78 is 14.7. The molecular weight excluding hydrogens is 271 g/mol. The minimum absolute atomic E-state index is 0.124. The highest BCUT2D eigenvalue weighted by molar-refractivity contribution is 7.99. The van der Waals surface area contributed by atoms with Crippen LogP contribution < -0.4 is 5.73 Å². The van der Waals surface area contributed by atoms with Gasteiger partial charge in [0.05, 0.1) is 11.4 Å². The lowest BCUT2D eigenvalue weighted by Crippen LogP contribution is -2.05. The van der Waals surface area contributed by atoms with Crippen molar-refractivity contribution in [1.82, 2.24) is 14.8 Å². The van der Waals surface area contributed by atoms with E-state index in [-0.39, 0.29) is 17.5 Å². The lowest BCUT2D eigenvalue weighted by molar-refractivity contribution is -0.133. The quantitative estimate of drug-likeness (QED) is 0.825. The van der Waals surface area contributed by atoms with Crippen molar-refractivity contribution in [3.8, 4) is 5.69 Å². The molecule has 0 spiro atoms. The molecule has 1 aromatic heterocycles. The lowest BCUT2D eigenvalue weighted by Gasteiger charge is -2.08. The fourth-order valence-electron chi connectivity index (χ4n) is 1.51. The van der Waals surface area contributed by atoms with Crippen molar-refractivity contribution >= 4 is 23.7 Å². The number of nitrogen functional groups attached to an aromatic ring is 1. The van der Waals surface area contributed by atoms with Gasteiger partial charge in [-0.15, -0.1) is 10.2 Å². The molecule has 1 aromatic carbocycles. The van der Waals surface area contributed by atoms with Crippen molar-refractivity contribution in [3.63, 3.8) is 0 Å². The highest BCUT2D eigenvalue weighted by Gasteiger charge is 2.14. The van der Waals surface area contributed by atoms with Crippen LogP contribution in [0.2, 0.25) is 0 Å². The first-order valence-electron chi connectivity index (χ1n) is 5.31. The van der Waals surface area contributed by atoms with Gasteiger partial charge < -0.3 is 10.8 Å². The van der Waals surface area contributed by atoms with E-state index in [4.69, 9.17) is 10.8 Å². The molecule has 3 N–H and O–H groups in total. The fraction of sp³-hybridized carbons (Fsp3) is 0.182. The fourth-order valence-corrected chi connectivity index (χ4v) is 2.19. The summed E-state index contributed by atoms with van der Waals surface area (Å²) in [6, 6.07) is 4.45. The number of benzene rings is 1. The number of anilines is 1. The number of carbonyl (C=O) groups is 1. The number of nitrogens with zero attached hydrogens (tertiary/aromatic N) is 3. The molecule has 2 aromatic rings. The predicted molar refractivity (Wildman–Crippen MR) is 68.8 cm³/mol. The molecule has 8 heteroatoms. The zero-order chi connectivity index (χ0) is 14.0. The Hall–Kier alpha value is -2.09. The van der Waals surface area contributed by atoms with E-state index in [1.165, 1.54) is 16.7 Å². The van der Waals surface area contributed by atoms with Crippen molar-refractivity contribution in [2.24, 2.45) is 0 Å². The standard InChI is InChI=1S/C11H11FN4O2S/c1-6-4-7(2-3-8(6)12)16-10(13)14-15-11(16)19-5-9(17)18/h2-4H,5H2,1H3,(H2,13,14)(H,17,18). The van der Waals surface area contributed by atoms with E-state index in [0.29, 0.717) is 16.4 Å². The number of thioether (sulfide) groups is 1. The molecule has 0 unspecified atom stereocenters. The molecule has 0 bridgehead atoms. The van der Waals surface area contributed by atoms with Gasteiger partial charge in [0.2, 0.25) is 5.95 Å². The third-order valence-corrected chi connectivity index (χ3v) is 3.30. The Balaban J connectivity index is 2.40. The Morgan fingerprint density at radius 3 is 2.89 bits per heavy atom. The Bertz CT molecular complexity index is 629. The second kappa shape index (κ2) is 5.27. The summed E-state index contributed by atoms with van der Waals surface area (Å²) >= 11 is 0.997. The molecule has 0 aliphatic heterocycles. The summed E-state index contributed by atoms with van der Waals surface area (Å²) in [6.45, 7) is 1.63. The van der Waals surface area contributed by atoms with Crippen LogP contribution >= 0.6 is 11.8 Å². The Morgan fingerprint density at radius 1 is 1.53 bits per heavy atom. The van der Waals surface area contributed by atoms with Gasteiger partial charge in [-0.25, -0.2) is 4.39 Å². The van der Waals surface area contributed by atoms with Crippen molar-refractivity contribution in [2.75, 3.05) is 11.5 Å². The van der Waals surface area contributed by atoms with Crippen molar-refractivity contribution < 1.29 is 14.3 Å². The first-order valence-corrected chi connectivity index (χ1v) is 6.29. The topological polar surface area (TPSA) is 94.0 Å². The first-order chi connectivity index (χ1) is 8.99. The van der Waals surface area contributed by atoms with Crippen LogP contribution in [0.25, 0.3) is 5.69 Å². The average Bonchev–Trinajstić information content (AvgIpc) is 2.71. The second-order valence-electron chi connectivity index (χ2n) is 3.79. The van der Waals surface area contributed by atoms with Gasteiger partial charge in [0.15, 0.2) is 5.16 Å². The first kappa shape index (κ1) is 13.3. The summed E-state index contributed by atoms with van der Waals surface area (Å²) in [7, 11) is 0. The number of hydrogen-bond acceptors (Lipinski definition) is 5. The van der Waals surface area contributed by atoms with E-state index in [2.05, 4.69) is 10.2 Å². The molecule has 0 atom stereocenters. The van der Waals surface area contributed by atoms with E-state index >= 15 is 0 Å². The third kappa shape index (κ3) is 2.84. The van der Waals surface area contributed by atoms with Gasteiger partial charge in [-0.1, -0.05) is 11.8 Å². The number of hydrogen-bond donors (Lipinski definition) is 2. The maximum Gasteiger partial charge on any atom is 0.313 e. The van der Waals surface area contributed by atoms with Crippen LogP contribution in [0, 0.1) is 12.7 Å².